The minimum absolute atomic E-state index is 0. The summed E-state index contributed by atoms with van der Waals surface area (Å²) in [5, 5.41) is 6.17. The maximum atomic E-state index is 13.8. The average Bonchev–Trinajstić information content (AvgIpc) is 3.13. The third-order valence-corrected chi connectivity index (χ3v) is 5.03. The molecule has 8 heteroatoms. The van der Waals surface area contributed by atoms with Gasteiger partial charge in [-0.25, -0.2) is 13.2 Å². The Labute approximate surface area is 157 Å². The first kappa shape index (κ1) is 21.0. The highest BCUT2D eigenvalue weighted by molar-refractivity contribution is 5.85. The molecule has 2 heterocycles. The maximum Gasteiger partial charge on any atom is 0.237 e. The lowest BCUT2D eigenvalue weighted by Crippen LogP contribution is -2.45. The van der Waals surface area contributed by atoms with Crippen LogP contribution < -0.4 is 10.6 Å². The quantitative estimate of drug-likeness (QED) is 0.758. The molecule has 0 radical (unpaired) electrons. The third-order valence-electron chi connectivity index (χ3n) is 5.03. The SMILES string of the molecule is Cl.O=C(NCC1CCCN(Cc2cc(F)c(F)cc2F)C1)C1CCCN1. The molecular weight excluding hydrogens is 367 g/mol. The molecule has 0 aliphatic carbocycles. The van der Waals surface area contributed by atoms with E-state index in [9.17, 15) is 18.0 Å². The lowest BCUT2D eigenvalue weighted by atomic mass is 9.97. The van der Waals surface area contributed by atoms with Crippen LogP contribution in [0.5, 0.6) is 0 Å². The van der Waals surface area contributed by atoms with Gasteiger partial charge >= 0.3 is 0 Å². The van der Waals surface area contributed by atoms with E-state index in [1.165, 1.54) is 0 Å². The molecule has 2 aliphatic rings. The van der Waals surface area contributed by atoms with Crippen LogP contribution in [0, 0.1) is 23.4 Å². The van der Waals surface area contributed by atoms with Crippen LogP contribution in [0.1, 0.15) is 31.2 Å². The summed E-state index contributed by atoms with van der Waals surface area (Å²) < 4.78 is 40.2. The number of halogens is 4. The van der Waals surface area contributed by atoms with Gasteiger partial charge in [-0.15, -0.1) is 12.4 Å². The van der Waals surface area contributed by atoms with E-state index in [4.69, 9.17) is 0 Å². The first-order chi connectivity index (χ1) is 12.0. The van der Waals surface area contributed by atoms with E-state index in [0.29, 0.717) is 19.2 Å². The topological polar surface area (TPSA) is 44.4 Å². The number of carbonyl (C=O) groups excluding carboxylic acids is 1. The molecule has 0 spiro atoms. The normalized spacial score (nSPS) is 23.5. The number of amides is 1. The molecule has 26 heavy (non-hydrogen) atoms. The summed E-state index contributed by atoms with van der Waals surface area (Å²) in [5.41, 5.74) is 0.166. The Bertz CT molecular complexity index is 626. The van der Waals surface area contributed by atoms with E-state index in [0.717, 1.165) is 44.8 Å². The lowest BCUT2D eigenvalue weighted by molar-refractivity contribution is -0.123. The van der Waals surface area contributed by atoms with E-state index < -0.39 is 17.5 Å². The largest absolute Gasteiger partial charge is 0.354 e. The van der Waals surface area contributed by atoms with Crippen molar-refractivity contribution in [3.63, 3.8) is 0 Å². The Hall–Kier alpha value is -1.31. The Morgan fingerprint density at radius 3 is 2.65 bits per heavy atom. The van der Waals surface area contributed by atoms with Gasteiger partial charge in [0.2, 0.25) is 5.91 Å². The molecule has 2 unspecified atom stereocenters. The van der Waals surface area contributed by atoms with Gasteiger partial charge < -0.3 is 10.6 Å². The zero-order chi connectivity index (χ0) is 17.8. The molecule has 1 amide bonds. The summed E-state index contributed by atoms with van der Waals surface area (Å²) in [5.74, 6) is -2.59. The second kappa shape index (κ2) is 9.58. The van der Waals surface area contributed by atoms with Gasteiger partial charge in [-0.05, 0) is 50.8 Å². The molecule has 2 N–H and O–H groups in total. The fourth-order valence-electron chi connectivity index (χ4n) is 3.66. The third kappa shape index (κ3) is 5.34. The minimum Gasteiger partial charge on any atom is -0.354 e. The Morgan fingerprint density at radius 2 is 1.92 bits per heavy atom. The van der Waals surface area contributed by atoms with Crippen molar-refractivity contribution in [1.29, 1.82) is 0 Å². The van der Waals surface area contributed by atoms with E-state index in [1.807, 2.05) is 4.90 Å². The van der Waals surface area contributed by atoms with Crippen molar-refractivity contribution < 1.29 is 18.0 Å². The maximum absolute atomic E-state index is 13.8. The smallest absolute Gasteiger partial charge is 0.237 e. The minimum atomic E-state index is -1.17. The Morgan fingerprint density at radius 1 is 1.15 bits per heavy atom. The average molecular weight is 392 g/mol. The first-order valence-electron chi connectivity index (χ1n) is 8.90. The van der Waals surface area contributed by atoms with Gasteiger partial charge in [0.1, 0.15) is 5.82 Å². The number of likely N-dealkylation sites (tertiary alicyclic amines) is 1. The van der Waals surface area contributed by atoms with Crippen LogP contribution in [0.25, 0.3) is 0 Å². The van der Waals surface area contributed by atoms with Crippen molar-refractivity contribution >= 4 is 18.3 Å². The second-order valence-electron chi connectivity index (χ2n) is 7.00. The van der Waals surface area contributed by atoms with Crippen LogP contribution in [-0.2, 0) is 11.3 Å². The number of benzene rings is 1. The molecule has 1 aromatic carbocycles. The number of nitrogens with one attached hydrogen (secondary N) is 2. The van der Waals surface area contributed by atoms with Crippen LogP contribution >= 0.6 is 12.4 Å². The fourth-order valence-corrected chi connectivity index (χ4v) is 3.66. The number of nitrogens with zero attached hydrogens (tertiary/aromatic N) is 1. The van der Waals surface area contributed by atoms with Gasteiger partial charge in [-0.2, -0.15) is 0 Å². The summed E-state index contributed by atoms with van der Waals surface area (Å²) in [6.45, 7) is 3.21. The summed E-state index contributed by atoms with van der Waals surface area (Å²) in [7, 11) is 0. The Kier molecular flexibility index (Phi) is 7.73. The van der Waals surface area contributed by atoms with Crippen LogP contribution in [0.2, 0.25) is 0 Å². The predicted molar refractivity (Wildman–Crippen MR) is 95.6 cm³/mol. The summed E-state index contributed by atoms with van der Waals surface area (Å²) >= 11 is 0. The van der Waals surface area contributed by atoms with E-state index >= 15 is 0 Å². The molecule has 1 aromatic rings. The monoisotopic (exact) mass is 391 g/mol. The summed E-state index contributed by atoms with van der Waals surface area (Å²) in [6, 6.07) is 1.44. The second-order valence-corrected chi connectivity index (χ2v) is 7.00. The highest BCUT2D eigenvalue weighted by Crippen LogP contribution is 2.21. The van der Waals surface area contributed by atoms with Crippen molar-refractivity contribution in [3.8, 4) is 0 Å². The lowest BCUT2D eigenvalue weighted by Gasteiger charge is -2.33. The number of carbonyl (C=O) groups is 1. The van der Waals surface area contributed by atoms with Crippen LogP contribution in [0.3, 0.4) is 0 Å². The van der Waals surface area contributed by atoms with Gasteiger partial charge in [0.25, 0.3) is 0 Å². The van der Waals surface area contributed by atoms with Crippen molar-refractivity contribution in [2.45, 2.75) is 38.3 Å². The standard InChI is InChI=1S/C18H24F3N3O.ClH/c19-14-8-16(21)15(20)7-13(14)11-24-6-2-3-12(10-24)9-23-18(25)17-4-1-5-22-17;/h7-8,12,17,22H,1-6,9-11H2,(H,23,25);1H. The molecule has 146 valence electrons. The number of hydrogen-bond donors (Lipinski definition) is 2. The van der Waals surface area contributed by atoms with Crippen molar-refractivity contribution in [2.75, 3.05) is 26.2 Å². The van der Waals surface area contributed by atoms with Crippen molar-refractivity contribution in [1.82, 2.24) is 15.5 Å². The van der Waals surface area contributed by atoms with E-state index in [1.54, 1.807) is 0 Å². The molecule has 3 rings (SSSR count). The van der Waals surface area contributed by atoms with Gasteiger partial charge in [0.15, 0.2) is 11.6 Å². The highest BCUT2D eigenvalue weighted by atomic mass is 35.5. The van der Waals surface area contributed by atoms with Gasteiger partial charge in [-0.1, -0.05) is 0 Å². The van der Waals surface area contributed by atoms with Crippen LogP contribution in [-0.4, -0.2) is 43.0 Å². The first-order valence-corrected chi connectivity index (χ1v) is 8.90. The molecule has 0 saturated carbocycles. The van der Waals surface area contributed by atoms with Gasteiger partial charge in [0, 0.05) is 31.3 Å². The zero-order valence-electron chi connectivity index (χ0n) is 14.6. The van der Waals surface area contributed by atoms with Gasteiger partial charge in [-0.3, -0.25) is 9.69 Å². The fraction of sp³-hybridized carbons (Fsp3) is 0.611. The van der Waals surface area contributed by atoms with Crippen molar-refractivity contribution in [3.05, 3.63) is 35.1 Å². The van der Waals surface area contributed by atoms with Gasteiger partial charge in [0.05, 0.1) is 6.04 Å². The molecule has 2 saturated heterocycles. The predicted octanol–water partition coefficient (Wildman–Crippen LogP) is 2.61. The molecule has 4 nitrogen and oxygen atoms in total. The molecule has 0 bridgehead atoms. The van der Waals surface area contributed by atoms with Crippen molar-refractivity contribution in [2.24, 2.45) is 5.92 Å². The molecule has 2 aliphatic heterocycles. The van der Waals surface area contributed by atoms with E-state index in [-0.39, 0.29) is 42.4 Å². The van der Waals surface area contributed by atoms with Crippen LogP contribution in [0.15, 0.2) is 12.1 Å². The van der Waals surface area contributed by atoms with E-state index in [2.05, 4.69) is 10.6 Å². The molecule has 2 atom stereocenters. The Balaban J connectivity index is 0.00000243. The summed E-state index contributed by atoms with van der Waals surface area (Å²) in [6.07, 6.45) is 3.83. The molecule has 2 fully saturated rings. The number of hydrogen-bond acceptors (Lipinski definition) is 3. The molecular formula is C18H25ClF3N3O. The summed E-state index contributed by atoms with van der Waals surface area (Å²) in [4.78, 5) is 14.1. The number of rotatable bonds is 5. The highest BCUT2D eigenvalue weighted by Gasteiger charge is 2.25. The molecule has 0 aromatic heterocycles. The number of piperidine rings is 1. The zero-order valence-corrected chi connectivity index (χ0v) is 15.4. The van der Waals surface area contributed by atoms with Crippen LogP contribution in [0.4, 0.5) is 13.2 Å².